The second-order valence-electron chi connectivity index (χ2n) is 6.48. The molecule has 1 aromatic heterocycles. The van der Waals surface area contributed by atoms with Gasteiger partial charge in [-0.2, -0.15) is 5.26 Å². The van der Waals surface area contributed by atoms with Crippen LogP contribution in [0.1, 0.15) is 44.2 Å². The van der Waals surface area contributed by atoms with E-state index in [-0.39, 0.29) is 32.1 Å². The van der Waals surface area contributed by atoms with Crippen molar-refractivity contribution in [2.45, 2.75) is 56.4 Å². The average Bonchev–Trinajstić information content (AvgIpc) is 3.14. The molecule has 2 fully saturated rings. The average molecular weight is 309 g/mol. The quantitative estimate of drug-likeness (QED) is 0.911. The molecule has 0 aromatic carbocycles. The summed E-state index contributed by atoms with van der Waals surface area (Å²) in [4.78, 5) is 11.8. The van der Waals surface area contributed by atoms with E-state index in [4.69, 9.17) is 11.0 Å². The minimum Gasteiger partial charge on any atom is -0.369 e. The fraction of sp³-hybridized carbons (Fsp3) is 0.714. The number of nitrogens with zero attached hydrogens (tertiary/aromatic N) is 4. The maximum absolute atomic E-state index is 13.3. The summed E-state index contributed by atoms with van der Waals surface area (Å²) < 4.78 is 28.2. The summed E-state index contributed by atoms with van der Waals surface area (Å²) in [5.41, 5.74) is 4.38. The van der Waals surface area contributed by atoms with Crippen molar-refractivity contribution < 1.29 is 13.6 Å². The summed E-state index contributed by atoms with van der Waals surface area (Å²) in [5.74, 6) is -3.30. The van der Waals surface area contributed by atoms with Gasteiger partial charge in [-0.25, -0.2) is 13.5 Å². The molecule has 0 aliphatic heterocycles. The highest BCUT2D eigenvalue weighted by molar-refractivity contribution is 5.81. The van der Waals surface area contributed by atoms with Crippen molar-refractivity contribution in [2.24, 2.45) is 11.1 Å². The number of rotatable bonds is 4. The molecule has 2 saturated carbocycles. The highest BCUT2D eigenvalue weighted by Crippen LogP contribution is 2.46. The number of alkyl halides is 2. The number of hydrogen-bond acceptors (Lipinski definition) is 4. The molecule has 2 aliphatic rings. The van der Waals surface area contributed by atoms with Crippen LogP contribution in [0, 0.1) is 16.7 Å². The normalized spacial score (nSPS) is 24.4. The first kappa shape index (κ1) is 14.9. The van der Waals surface area contributed by atoms with E-state index in [1.165, 1.54) is 4.68 Å². The molecule has 2 N–H and O–H groups in total. The molecule has 0 spiro atoms. The second-order valence-corrected chi connectivity index (χ2v) is 6.48. The molecule has 0 saturated heterocycles. The summed E-state index contributed by atoms with van der Waals surface area (Å²) in [7, 11) is 0. The first-order valence-corrected chi connectivity index (χ1v) is 7.32. The third-order valence-corrected chi connectivity index (χ3v) is 4.89. The van der Waals surface area contributed by atoms with E-state index in [2.05, 4.69) is 16.4 Å². The van der Waals surface area contributed by atoms with Gasteiger partial charge in [0.1, 0.15) is 0 Å². The number of halogens is 2. The number of amides is 1. The third-order valence-electron chi connectivity index (χ3n) is 4.89. The highest BCUT2D eigenvalue weighted by atomic mass is 19.3. The van der Waals surface area contributed by atoms with Gasteiger partial charge in [-0.1, -0.05) is 5.21 Å². The molecular formula is C14H17F2N5O. The monoisotopic (exact) mass is 309 g/mol. The molecule has 0 atom stereocenters. The number of carbonyl (C=O) groups excluding carboxylic acids is 1. The first-order chi connectivity index (χ1) is 10.3. The fourth-order valence-corrected chi connectivity index (χ4v) is 3.05. The number of carbonyl (C=O) groups is 1. The molecule has 0 radical (unpaired) electrons. The Morgan fingerprint density at radius 2 is 1.95 bits per heavy atom. The van der Waals surface area contributed by atoms with Crippen molar-refractivity contribution in [3.8, 4) is 6.07 Å². The van der Waals surface area contributed by atoms with Gasteiger partial charge in [-0.3, -0.25) is 4.79 Å². The maximum atomic E-state index is 13.3. The van der Waals surface area contributed by atoms with Gasteiger partial charge >= 0.3 is 0 Å². The van der Waals surface area contributed by atoms with Crippen molar-refractivity contribution in [3.05, 3.63) is 11.9 Å². The molecule has 118 valence electrons. The van der Waals surface area contributed by atoms with Gasteiger partial charge in [0, 0.05) is 19.3 Å². The lowest BCUT2D eigenvalue weighted by atomic mass is 9.69. The molecule has 2 aliphatic carbocycles. The molecule has 3 rings (SSSR count). The van der Waals surface area contributed by atoms with E-state index >= 15 is 0 Å². The predicted octanol–water partition coefficient (Wildman–Crippen LogP) is 1.51. The minimum atomic E-state index is -2.73. The Morgan fingerprint density at radius 1 is 1.32 bits per heavy atom. The molecule has 22 heavy (non-hydrogen) atoms. The van der Waals surface area contributed by atoms with Crippen LogP contribution < -0.4 is 5.73 Å². The molecule has 6 nitrogen and oxygen atoms in total. The molecule has 0 bridgehead atoms. The Labute approximate surface area is 126 Å². The summed E-state index contributed by atoms with van der Waals surface area (Å²) >= 11 is 0. The fourth-order valence-electron chi connectivity index (χ4n) is 3.05. The van der Waals surface area contributed by atoms with Gasteiger partial charge in [-0.15, -0.1) is 5.10 Å². The zero-order valence-electron chi connectivity index (χ0n) is 12.1. The predicted molar refractivity (Wildman–Crippen MR) is 71.6 cm³/mol. The van der Waals surface area contributed by atoms with Crippen LogP contribution in [0.25, 0.3) is 0 Å². The van der Waals surface area contributed by atoms with Crippen LogP contribution in [0.3, 0.4) is 0 Å². The Hall–Kier alpha value is -2.04. The van der Waals surface area contributed by atoms with E-state index in [0.717, 1.165) is 12.8 Å². The molecule has 1 heterocycles. The Kier molecular flexibility index (Phi) is 3.20. The summed E-state index contributed by atoms with van der Waals surface area (Å²) in [6, 6.07) is 2.20. The molecule has 0 unspecified atom stereocenters. The minimum absolute atomic E-state index is 0.0472. The van der Waals surface area contributed by atoms with Crippen LogP contribution >= 0.6 is 0 Å². The topological polar surface area (TPSA) is 97.6 Å². The van der Waals surface area contributed by atoms with Gasteiger partial charge in [0.15, 0.2) is 5.54 Å². The highest BCUT2D eigenvalue weighted by Gasteiger charge is 2.49. The SMILES string of the molecule is N#CC1(n2cc(CC3(C(N)=O)CCC(F)(F)CC3)nn2)CC1. The van der Waals surface area contributed by atoms with Crippen molar-refractivity contribution in [3.63, 3.8) is 0 Å². The summed E-state index contributed by atoms with van der Waals surface area (Å²) in [6.07, 6.45) is 2.68. The molecule has 1 aromatic rings. The van der Waals surface area contributed by atoms with Gasteiger partial charge < -0.3 is 5.73 Å². The van der Waals surface area contributed by atoms with E-state index in [1.54, 1.807) is 6.20 Å². The van der Waals surface area contributed by atoms with E-state index in [0.29, 0.717) is 5.69 Å². The van der Waals surface area contributed by atoms with Crippen molar-refractivity contribution in [2.75, 3.05) is 0 Å². The number of aromatic nitrogens is 3. The lowest BCUT2D eigenvalue weighted by molar-refractivity contribution is -0.135. The second kappa shape index (κ2) is 4.73. The maximum Gasteiger partial charge on any atom is 0.248 e. The Morgan fingerprint density at radius 3 is 2.45 bits per heavy atom. The van der Waals surface area contributed by atoms with Crippen LogP contribution in [0.4, 0.5) is 8.78 Å². The van der Waals surface area contributed by atoms with E-state index in [9.17, 15) is 13.6 Å². The van der Waals surface area contributed by atoms with Crippen molar-refractivity contribution in [1.82, 2.24) is 15.0 Å². The van der Waals surface area contributed by atoms with Gasteiger partial charge in [-0.05, 0) is 25.7 Å². The zero-order chi connectivity index (χ0) is 16.0. The van der Waals surface area contributed by atoms with Crippen molar-refractivity contribution in [1.29, 1.82) is 5.26 Å². The summed E-state index contributed by atoms with van der Waals surface area (Å²) in [6.45, 7) is 0. The summed E-state index contributed by atoms with van der Waals surface area (Å²) in [5, 5.41) is 17.1. The third kappa shape index (κ3) is 2.45. The van der Waals surface area contributed by atoms with Crippen LogP contribution in [-0.4, -0.2) is 26.8 Å². The van der Waals surface area contributed by atoms with Crippen LogP contribution in [0.15, 0.2) is 6.20 Å². The number of nitriles is 1. The van der Waals surface area contributed by atoms with Gasteiger partial charge in [0.2, 0.25) is 11.8 Å². The molecular weight excluding hydrogens is 292 g/mol. The van der Waals surface area contributed by atoms with E-state index < -0.39 is 22.8 Å². The Balaban J connectivity index is 1.78. The number of nitrogens with two attached hydrogens (primary N) is 1. The van der Waals surface area contributed by atoms with E-state index in [1.807, 2.05) is 0 Å². The largest absolute Gasteiger partial charge is 0.369 e. The Bertz CT molecular complexity index is 634. The lowest BCUT2D eigenvalue weighted by Crippen LogP contribution is -2.44. The van der Waals surface area contributed by atoms with Gasteiger partial charge in [0.25, 0.3) is 0 Å². The van der Waals surface area contributed by atoms with Crippen LogP contribution in [0.2, 0.25) is 0 Å². The number of hydrogen-bond donors (Lipinski definition) is 1. The van der Waals surface area contributed by atoms with Crippen LogP contribution in [0.5, 0.6) is 0 Å². The molecule has 8 heteroatoms. The van der Waals surface area contributed by atoms with Crippen LogP contribution in [-0.2, 0) is 16.8 Å². The smallest absolute Gasteiger partial charge is 0.248 e. The lowest BCUT2D eigenvalue weighted by Gasteiger charge is -2.37. The zero-order valence-corrected chi connectivity index (χ0v) is 12.1. The molecule has 1 amide bonds. The van der Waals surface area contributed by atoms with Crippen molar-refractivity contribution >= 4 is 5.91 Å². The first-order valence-electron chi connectivity index (χ1n) is 7.32. The standard InChI is InChI=1S/C14H17F2N5O/c15-14(16)5-1-12(2-6-14,11(18)22)7-10-8-21(20-19-10)13(9-17)3-4-13/h8H,1-7H2,(H2,18,22). The number of primary amides is 1. The van der Waals surface area contributed by atoms with Gasteiger partial charge in [0.05, 0.1) is 23.4 Å².